The lowest BCUT2D eigenvalue weighted by Crippen LogP contribution is -2.14. The van der Waals surface area contributed by atoms with Gasteiger partial charge in [-0.25, -0.2) is 4.98 Å². The van der Waals surface area contributed by atoms with Crippen LogP contribution < -0.4 is 5.32 Å². The van der Waals surface area contributed by atoms with E-state index in [1.165, 1.54) is 11.3 Å². The molecule has 0 fully saturated rings. The molecule has 5 heteroatoms. The van der Waals surface area contributed by atoms with Crippen molar-refractivity contribution >= 4 is 22.4 Å². The van der Waals surface area contributed by atoms with Crippen molar-refractivity contribution in [2.24, 2.45) is 0 Å². The highest BCUT2D eigenvalue weighted by Crippen LogP contribution is 2.20. The molecule has 0 aliphatic heterocycles. The van der Waals surface area contributed by atoms with Crippen LogP contribution in [0.5, 0.6) is 0 Å². The van der Waals surface area contributed by atoms with Gasteiger partial charge in [-0.2, -0.15) is 0 Å². The number of carbonyl (C=O) groups excluding carboxylic acids is 1. The smallest absolute Gasteiger partial charge is 0.257 e. The molecule has 0 spiro atoms. The molecular formula is C15H14N2O2S. The maximum absolute atomic E-state index is 12.3. The molecule has 0 radical (unpaired) electrons. The van der Waals surface area contributed by atoms with E-state index < -0.39 is 0 Å². The summed E-state index contributed by atoms with van der Waals surface area (Å²) in [6.45, 7) is 3.62. The Morgan fingerprint density at radius 1 is 1.40 bits per heavy atom. The van der Waals surface area contributed by atoms with Gasteiger partial charge >= 0.3 is 0 Å². The first-order chi connectivity index (χ1) is 9.61. The van der Waals surface area contributed by atoms with E-state index in [2.05, 4.69) is 22.1 Å². The average Bonchev–Trinajstić information content (AvgIpc) is 2.83. The zero-order valence-corrected chi connectivity index (χ0v) is 12.0. The number of thiazole rings is 1. The summed E-state index contributed by atoms with van der Waals surface area (Å²) in [7, 11) is 0. The molecule has 0 unspecified atom stereocenters. The second-order valence-corrected chi connectivity index (χ2v) is 5.24. The molecule has 2 aromatic rings. The maximum atomic E-state index is 12.3. The summed E-state index contributed by atoms with van der Waals surface area (Å²) >= 11 is 1.28. The molecule has 0 aliphatic rings. The van der Waals surface area contributed by atoms with Gasteiger partial charge in [0, 0.05) is 5.56 Å². The van der Waals surface area contributed by atoms with Crippen molar-refractivity contribution in [3.8, 4) is 11.8 Å². The van der Waals surface area contributed by atoms with Crippen LogP contribution in [0.4, 0.5) is 5.13 Å². The van der Waals surface area contributed by atoms with Crippen molar-refractivity contribution in [3.63, 3.8) is 0 Å². The number of aryl methyl sites for hydroxylation is 2. The fourth-order valence-corrected chi connectivity index (χ4v) is 2.53. The van der Waals surface area contributed by atoms with Crippen LogP contribution in [0.1, 0.15) is 26.4 Å². The number of nitrogens with one attached hydrogen (secondary N) is 1. The van der Waals surface area contributed by atoms with E-state index in [-0.39, 0.29) is 12.5 Å². The monoisotopic (exact) mass is 286 g/mol. The van der Waals surface area contributed by atoms with Crippen LogP contribution in [-0.4, -0.2) is 22.6 Å². The van der Waals surface area contributed by atoms with Crippen molar-refractivity contribution < 1.29 is 9.90 Å². The summed E-state index contributed by atoms with van der Waals surface area (Å²) in [4.78, 5) is 17.1. The number of hydrogen-bond acceptors (Lipinski definition) is 4. The van der Waals surface area contributed by atoms with Crippen LogP contribution in [0, 0.1) is 25.7 Å². The van der Waals surface area contributed by atoms with Gasteiger partial charge in [0.25, 0.3) is 5.91 Å². The molecule has 1 aromatic carbocycles. The van der Waals surface area contributed by atoms with Crippen molar-refractivity contribution in [2.45, 2.75) is 13.8 Å². The molecule has 20 heavy (non-hydrogen) atoms. The van der Waals surface area contributed by atoms with E-state index in [1.54, 1.807) is 6.20 Å². The third-order valence-corrected chi connectivity index (χ3v) is 3.55. The Bertz CT molecular complexity index is 675. The van der Waals surface area contributed by atoms with E-state index >= 15 is 0 Å². The summed E-state index contributed by atoms with van der Waals surface area (Å²) in [5, 5.41) is 11.9. The minimum absolute atomic E-state index is 0.170. The van der Waals surface area contributed by atoms with Gasteiger partial charge in [-0.05, 0) is 25.0 Å². The van der Waals surface area contributed by atoms with Crippen molar-refractivity contribution in [2.75, 3.05) is 11.9 Å². The first-order valence-electron chi connectivity index (χ1n) is 6.05. The normalized spacial score (nSPS) is 9.75. The zero-order valence-electron chi connectivity index (χ0n) is 11.2. The molecule has 1 aromatic heterocycles. The van der Waals surface area contributed by atoms with E-state index in [1.807, 2.05) is 32.0 Å². The fraction of sp³-hybridized carbons (Fsp3) is 0.200. The van der Waals surface area contributed by atoms with Gasteiger partial charge in [-0.15, -0.1) is 0 Å². The summed E-state index contributed by atoms with van der Waals surface area (Å²) in [6, 6.07) is 5.73. The number of aliphatic hydroxyl groups is 1. The number of anilines is 1. The molecule has 0 aliphatic carbocycles. The van der Waals surface area contributed by atoms with Crippen LogP contribution in [0.3, 0.4) is 0 Å². The summed E-state index contributed by atoms with van der Waals surface area (Å²) in [6.07, 6.45) is 1.58. The molecule has 2 rings (SSSR count). The Labute approximate surface area is 121 Å². The van der Waals surface area contributed by atoms with Crippen molar-refractivity contribution in [1.29, 1.82) is 0 Å². The first-order valence-corrected chi connectivity index (χ1v) is 6.86. The lowest BCUT2D eigenvalue weighted by molar-refractivity contribution is 0.102. The highest BCUT2D eigenvalue weighted by Gasteiger charge is 2.13. The van der Waals surface area contributed by atoms with Crippen molar-refractivity contribution in [1.82, 2.24) is 4.98 Å². The zero-order chi connectivity index (χ0) is 14.5. The molecule has 102 valence electrons. The summed E-state index contributed by atoms with van der Waals surface area (Å²) < 4.78 is 0. The quantitative estimate of drug-likeness (QED) is 0.833. The SMILES string of the molecule is Cc1cccc(C)c1C(=O)Nc1ncc(C#CCO)s1. The largest absolute Gasteiger partial charge is 0.384 e. The number of benzene rings is 1. The predicted octanol–water partition coefficient (Wildman–Crippen LogP) is 2.36. The first kappa shape index (κ1) is 14.3. The Morgan fingerprint density at radius 3 is 2.75 bits per heavy atom. The van der Waals surface area contributed by atoms with Crippen LogP contribution >= 0.6 is 11.3 Å². The second-order valence-electron chi connectivity index (χ2n) is 4.21. The molecule has 4 nitrogen and oxygen atoms in total. The summed E-state index contributed by atoms with van der Waals surface area (Å²) in [5.74, 6) is 5.13. The molecule has 0 saturated heterocycles. The summed E-state index contributed by atoms with van der Waals surface area (Å²) in [5.41, 5.74) is 2.53. The second kappa shape index (κ2) is 6.33. The van der Waals surface area contributed by atoms with Gasteiger partial charge in [0.15, 0.2) is 5.13 Å². The molecule has 0 atom stereocenters. The predicted molar refractivity (Wildman–Crippen MR) is 79.9 cm³/mol. The van der Waals surface area contributed by atoms with Gasteiger partial charge in [0.1, 0.15) is 6.61 Å². The number of carbonyl (C=O) groups is 1. The van der Waals surface area contributed by atoms with Crippen LogP contribution in [0.25, 0.3) is 0 Å². The van der Waals surface area contributed by atoms with E-state index in [0.717, 1.165) is 11.1 Å². The van der Waals surface area contributed by atoms with Crippen LogP contribution in [0.15, 0.2) is 24.4 Å². The molecule has 2 N–H and O–H groups in total. The Morgan fingerprint density at radius 2 is 2.10 bits per heavy atom. The number of nitrogens with zero attached hydrogens (tertiary/aromatic N) is 1. The van der Waals surface area contributed by atoms with Crippen LogP contribution in [0.2, 0.25) is 0 Å². The van der Waals surface area contributed by atoms with Gasteiger partial charge < -0.3 is 5.11 Å². The average molecular weight is 286 g/mol. The molecule has 0 bridgehead atoms. The Kier molecular flexibility index (Phi) is 4.51. The highest BCUT2D eigenvalue weighted by atomic mass is 32.1. The lowest BCUT2D eigenvalue weighted by atomic mass is 10.0. The molecular weight excluding hydrogens is 272 g/mol. The number of amides is 1. The van der Waals surface area contributed by atoms with Crippen LogP contribution in [-0.2, 0) is 0 Å². The molecule has 1 heterocycles. The minimum Gasteiger partial charge on any atom is -0.384 e. The lowest BCUT2D eigenvalue weighted by Gasteiger charge is -2.08. The van der Waals surface area contributed by atoms with Crippen molar-refractivity contribution in [3.05, 3.63) is 46.0 Å². The number of hydrogen-bond donors (Lipinski definition) is 2. The topological polar surface area (TPSA) is 62.2 Å². The fourth-order valence-electron chi connectivity index (χ4n) is 1.85. The minimum atomic E-state index is -0.192. The van der Waals surface area contributed by atoms with E-state index in [9.17, 15) is 4.79 Å². The Balaban J connectivity index is 2.18. The van der Waals surface area contributed by atoms with Gasteiger partial charge in [-0.3, -0.25) is 10.1 Å². The van der Waals surface area contributed by atoms with Gasteiger partial charge in [-0.1, -0.05) is 41.4 Å². The third-order valence-electron chi connectivity index (χ3n) is 2.72. The van der Waals surface area contributed by atoms with Gasteiger partial charge in [0.2, 0.25) is 0 Å². The maximum Gasteiger partial charge on any atom is 0.257 e. The highest BCUT2D eigenvalue weighted by molar-refractivity contribution is 7.16. The standard InChI is InChI=1S/C15H14N2O2S/c1-10-5-3-6-11(2)13(10)14(19)17-15-16-9-12(20-15)7-4-8-18/h3,5-6,9,18H,8H2,1-2H3,(H,16,17,19). The molecule has 0 saturated carbocycles. The molecule has 1 amide bonds. The Hall–Kier alpha value is -2.16. The van der Waals surface area contributed by atoms with E-state index in [0.29, 0.717) is 15.6 Å². The number of aliphatic hydroxyl groups excluding tert-OH is 1. The van der Waals surface area contributed by atoms with E-state index in [4.69, 9.17) is 5.11 Å². The third kappa shape index (κ3) is 3.23. The number of rotatable bonds is 2. The van der Waals surface area contributed by atoms with Gasteiger partial charge in [0.05, 0.1) is 11.1 Å². The number of aromatic nitrogens is 1.